The van der Waals surface area contributed by atoms with E-state index in [1.165, 1.54) is 32.4 Å². The van der Waals surface area contributed by atoms with Crippen LogP contribution in [0.3, 0.4) is 0 Å². The lowest BCUT2D eigenvalue weighted by molar-refractivity contribution is 0.184. The number of fused-ring (bicyclic) bond motifs is 1. The minimum atomic E-state index is 0.708. The van der Waals surface area contributed by atoms with Crippen molar-refractivity contribution in [1.29, 1.82) is 0 Å². The number of hydrogen-bond donors (Lipinski definition) is 0. The second-order valence-corrected chi connectivity index (χ2v) is 5.93. The van der Waals surface area contributed by atoms with Gasteiger partial charge in [-0.15, -0.1) is 0 Å². The fourth-order valence-corrected chi connectivity index (χ4v) is 3.03. The van der Waals surface area contributed by atoms with E-state index < -0.39 is 0 Å². The first kappa shape index (κ1) is 13.8. The highest BCUT2D eigenvalue weighted by molar-refractivity contribution is 9.10. The Bertz CT molecular complexity index is 584. The maximum absolute atomic E-state index is 6.00. The first-order chi connectivity index (χ1) is 9.84. The SMILES string of the molecule is Brc1cnc2cnccc2c1OCCN1CCCCC1. The van der Waals surface area contributed by atoms with Gasteiger partial charge in [0.25, 0.3) is 0 Å². The van der Waals surface area contributed by atoms with Gasteiger partial charge in [0.1, 0.15) is 12.4 Å². The highest BCUT2D eigenvalue weighted by Crippen LogP contribution is 2.31. The fourth-order valence-electron chi connectivity index (χ4n) is 2.60. The van der Waals surface area contributed by atoms with Gasteiger partial charge in [-0.2, -0.15) is 0 Å². The highest BCUT2D eigenvalue weighted by atomic mass is 79.9. The molecule has 0 aromatic carbocycles. The zero-order chi connectivity index (χ0) is 13.8. The van der Waals surface area contributed by atoms with Crippen LogP contribution in [-0.4, -0.2) is 41.1 Å². The molecule has 0 bridgehead atoms. The summed E-state index contributed by atoms with van der Waals surface area (Å²) in [6, 6.07) is 1.95. The number of rotatable bonds is 4. The predicted molar refractivity (Wildman–Crippen MR) is 83.0 cm³/mol. The van der Waals surface area contributed by atoms with Crippen molar-refractivity contribution in [2.24, 2.45) is 0 Å². The number of halogens is 1. The number of likely N-dealkylation sites (tertiary alicyclic amines) is 1. The van der Waals surface area contributed by atoms with E-state index in [9.17, 15) is 0 Å². The van der Waals surface area contributed by atoms with Crippen LogP contribution in [0.25, 0.3) is 10.9 Å². The van der Waals surface area contributed by atoms with Gasteiger partial charge in [-0.3, -0.25) is 14.9 Å². The summed E-state index contributed by atoms with van der Waals surface area (Å²) < 4.78 is 6.89. The molecule has 2 aromatic heterocycles. The lowest BCUT2D eigenvalue weighted by Gasteiger charge is -2.26. The second-order valence-electron chi connectivity index (χ2n) is 5.08. The Morgan fingerprint density at radius 2 is 2.05 bits per heavy atom. The van der Waals surface area contributed by atoms with Gasteiger partial charge in [-0.25, -0.2) is 0 Å². The molecule has 0 aliphatic carbocycles. The molecule has 1 saturated heterocycles. The molecule has 20 heavy (non-hydrogen) atoms. The molecule has 1 fully saturated rings. The quantitative estimate of drug-likeness (QED) is 0.859. The molecule has 0 unspecified atom stereocenters. The number of piperidine rings is 1. The third kappa shape index (κ3) is 3.10. The molecule has 1 aliphatic rings. The van der Waals surface area contributed by atoms with Crippen molar-refractivity contribution in [2.75, 3.05) is 26.2 Å². The summed E-state index contributed by atoms with van der Waals surface area (Å²) in [5, 5.41) is 1.01. The standard InChI is InChI=1S/C15H18BrN3O/c16-13-10-18-14-11-17-5-4-12(14)15(13)20-9-8-19-6-2-1-3-7-19/h4-5,10-11H,1-3,6-9H2. The van der Waals surface area contributed by atoms with Gasteiger partial charge < -0.3 is 4.74 Å². The van der Waals surface area contributed by atoms with Crippen molar-refractivity contribution in [3.63, 3.8) is 0 Å². The molecule has 0 N–H and O–H groups in total. The molecular formula is C15H18BrN3O. The van der Waals surface area contributed by atoms with Crippen molar-refractivity contribution in [3.05, 3.63) is 29.1 Å². The predicted octanol–water partition coefficient (Wildman–Crippen LogP) is 3.26. The number of hydrogen-bond acceptors (Lipinski definition) is 4. The van der Waals surface area contributed by atoms with Gasteiger partial charge in [0, 0.05) is 24.3 Å². The molecule has 1 aliphatic heterocycles. The van der Waals surface area contributed by atoms with E-state index >= 15 is 0 Å². The number of aromatic nitrogens is 2. The van der Waals surface area contributed by atoms with Crippen LogP contribution in [-0.2, 0) is 0 Å². The Labute approximate surface area is 127 Å². The molecule has 0 amide bonds. The van der Waals surface area contributed by atoms with Crippen LogP contribution in [0.1, 0.15) is 19.3 Å². The largest absolute Gasteiger partial charge is 0.490 e. The van der Waals surface area contributed by atoms with Crippen molar-refractivity contribution >= 4 is 26.8 Å². The van der Waals surface area contributed by atoms with E-state index in [0.29, 0.717) is 6.61 Å². The van der Waals surface area contributed by atoms with E-state index in [2.05, 4.69) is 30.8 Å². The van der Waals surface area contributed by atoms with Crippen LogP contribution >= 0.6 is 15.9 Å². The molecule has 0 atom stereocenters. The van der Waals surface area contributed by atoms with Gasteiger partial charge in [0.2, 0.25) is 0 Å². The van der Waals surface area contributed by atoms with Gasteiger partial charge in [-0.05, 0) is 47.9 Å². The molecule has 5 heteroatoms. The topological polar surface area (TPSA) is 38.3 Å². The Balaban J connectivity index is 1.68. The number of ether oxygens (including phenoxy) is 1. The average molecular weight is 336 g/mol. The minimum Gasteiger partial charge on any atom is -0.490 e. The third-order valence-electron chi connectivity index (χ3n) is 3.68. The highest BCUT2D eigenvalue weighted by Gasteiger charge is 2.12. The average Bonchev–Trinajstić information content (AvgIpc) is 2.50. The zero-order valence-electron chi connectivity index (χ0n) is 11.4. The summed E-state index contributed by atoms with van der Waals surface area (Å²) >= 11 is 3.52. The lowest BCUT2D eigenvalue weighted by Crippen LogP contribution is -2.33. The Kier molecular flexibility index (Phi) is 4.47. The number of nitrogens with zero attached hydrogens (tertiary/aromatic N) is 3. The molecule has 3 rings (SSSR count). The first-order valence-electron chi connectivity index (χ1n) is 7.08. The van der Waals surface area contributed by atoms with E-state index in [-0.39, 0.29) is 0 Å². The molecule has 4 nitrogen and oxygen atoms in total. The maximum Gasteiger partial charge on any atom is 0.144 e. The van der Waals surface area contributed by atoms with Gasteiger partial charge in [0.05, 0.1) is 16.2 Å². The molecule has 0 spiro atoms. The molecule has 3 heterocycles. The van der Waals surface area contributed by atoms with Crippen molar-refractivity contribution < 1.29 is 4.74 Å². The third-order valence-corrected chi connectivity index (χ3v) is 4.25. The van der Waals surface area contributed by atoms with E-state index in [1.807, 2.05) is 6.07 Å². The minimum absolute atomic E-state index is 0.708. The Hall–Kier alpha value is -1.20. The Morgan fingerprint density at radius 3 is 2.90 bits per heavy atom. The Morgan fingerprint density at radius 1 is 1.20 bits per heavy atom. The summed E-state index contributed by atoms with van der Waals surface area (Å²) in [5.74, 6) is 0.870. The normalized spacial score (nSPS) is 16.4. The van der Waals surface area contributed by atoms with Gasteiger partial charge in [-0.1, -0.05) is 6.42 Å². The van der Waals surface area contributed by atoms with Crippen LogP contribution in [0.2, 0.25) is 0 Å². The van der Waals surface area contributed by atoms with Crippen molar-refractivity contribution in [2.45, 2.75) is 19.3 Å². The number of pyridine rings is 2. The summed E-state index contributed by atoms with van der Waals surface area (Å²) in [5.41, 5.74) is 0.865. The van der Waals surface area contributed by atoms with E-state index in [1.54, 1.807) is 18.6 Å². The lowest BCUT2D eigenvalue weighted by atomic mass is 10.1. The van der Waals surface area contributed by atoms with Crippen LogP contribution in [0, 0.1) is 0 Å². The van der Waals surface area contributed by atoms with Crippen molar-refractivity contribution in [3.8, 4) is 5.75 Å². The molecule has 0 saturated carbocycles. The van der Waals surface area contributed by atoms with Crippen molar-refractivity contribution in [1.82, 2.24) is 14.9 Å². The molecule has 0 radical (unpaired) electrons. The smallest absolute Gasteiger partial charge is 0.144 e. The second kappa shape index (κ2) is 6.50. The zero-order valence-corrected chi connectivity index (χ0v) is 13.0. The van der Waals surface area contributed by atoms with Gasteiger partial charge in [0.15, 0.2) is 0 Å². The fraction of sp³-hybridized carbons (Fsp3) is 0.467. The van der Waals surface area contributed by atoms with Gasteiger partial charge >= 0.3 is 0 Å². The van der Waals surface area contributed by atoms with E-state index in [0.717, 1.165) is 27.7 Å². The van der Waals surface area contributed by atoms with Crippen LogP contribution in [0.5, 0.6) is 5.75 Å². The summed E-state index contributed by atoms with van der Waals surface area (Å²) in [6.45, 7) is 4.10. The van der Waals surface area contributed by atoms with Crippen LogP contribution in [0.15, 0.2) is 29.1 Å². The molecule has 2 aromatic rings. The van der Waals surface area contributed by atoms with E-state index in [4.69, 9.17) is 4.74 Å². The first-order valence-corrected chi connectivity index (χ1v) is 7.87. The summed E-state index contributed by atoms with van der Waals surface area (Å²) in [7, 11) is 0. The summed E-state index contributed by atoms with van der Waals surface area (Å²) in [6.07, 6.45) is 9.31. The molecular weight excluding hydrogens is 318 g/mol. The van der Waals surface area contributed by atoms with Crippen LogP contribution < -0.4 is 4.74 Å². The molecule has 106 valence electrons. The van der Waals surface area contributed by atoms with Crippen LogP contribution in [0.4, 0.5) is 0 Å². The summed E-state index contributed by atoms with van der Waals surface area (Å²) in [4.78, 5) is 10.9. The monoisotopic (exact) mass is 335 g/mol. The maximum atomic E-state index is 6.00.